The van der Waals surface area contributed by atoms with E-state index in [1.807, 2.05) is 37.3 Å². The molecular weight excluding hydrogens is 289 g/mol. The van der Waals surface area contributed by atoms with Gasteiger partial charge in [0.15, 0.2) is 10.3 Å². The van der Waals surface area contributed by atoms with E-state index in [1.54, 1.807) is 0 Å². The number of nitrogens with one attached hydrogen (secondary N) is 1. The van der Waals surface area contributed by atoms with Gasteiger partial charge >= 0.3 is 0 Å². The van der Waals surface area contributed by atoms with E-state index >= 15 is 0 Å². The van der Waals surface area contributed by atoms with Gasteiger partial charge in [-0.1, -0.05) is 46.7 Å². The molecule has 0 aliphatic heterocycles. The van der Waals surface area contributed by atoms with Crippen LogP contribution in [0.1, 0.15) is 23.4 Å². The first kappa shape index (κ1) is 13.2. The third kappa shape index (κ3) is 2.94. The van der Waals surface area contributed by atoms with Crippen molar-refractivity contribution in [1.29, 1.82) is 5.26 Å². The molecule has 1 heterocycles. The topological polar surface area (TPSA) is 48.7 Å². The fourth-order valence-electron chi connectivity index (χ4n) is 1.45. The summed E-state index contributed by atoms with van der Waals surface area (Å²) in [6, 6.07) is 9.63. The molecule has 0 fully saturated rings. The number of benzene rings is 1. The molecular formula is C12H9Cl2N3S. The Morgan fingerprint density at radius 2 is 2.00 bits per heavy atom. The van der Waals surface area contributed by atoms with Gasteiger partial charge in [0.2, 0.25) is 0 Å². The summed E-state index contributed by atoms with van der Waals surface area (Å²) < 4.78 is 0. The number of anilines is 1. The average molecular weight is 298 g/mol. The summed E-state index contributed by atoms with van der Waals surface area (Å²) >= 11 is 12.9. The molecule has 2 rings (SSSR count). The molecule has 0 aliphatic rings. The highest BCUT2D eigenvalue weighted by Gasteiger charge is 2.11. The van der Waals surface area contributed by atoms with Crippen molar-refractivity contribution in [3.63, 3.8) is 0 Å². The number of nitriles is 1. The summed E-state index contributed by atoms with van der Waals surface area (Å²) in [7, 11) is 0. The van der Waals surface area contributed by atoms with Crippen molar-refractivity contribution in [2.24, 2.45) is 0 Å². The van der Waals surface area contributed by atoms with Gasteiger partial charge in [-0.2, -0.15) is 5.26 Å². The first-order valence-corrected chi connectivity index (χ1v) is 6.76. The van der Waals surface area contributed by atoms with E-state index in [2.05, 4.69) is 10.3 Å². The van der Waals surface area contributed by atoms with E-state index in [0.29, 0.717) is 15.0 Å². The van der Waals surface area contributed by atoms with E-state index in [9.17, 15) is 0 Å². The second-order valence-corrected chi connectivity index (χ2v) is 5.46. The van der Waals surface area contributed by atoms with Crippen molar-refractivity contribution in [2.45, 2.75) is 13.0 Å². The fourth-order valence-corrected chi connectivity index (χ4v) is 2.61. The van der Waals surface area contributed by atoms with Gasteiger partial charge in [0.1, 0.15) is 10.9 Å². The van der Waals surface area contributed by atoms with Crippen LogP contribution < -0.4 is 5.32 Å². The molecule has 0 bridgehead atoms. The number of hydrogen-bond acceptors (Lipinski definition) is 4. The molecule has 18 heavy (non-hydrogen) atoms. The van der Waals surface area contributed by atoms with E-state index in [4.69, 9.17) is 28.5 Å². The van der Waals surface area contributed by atoms with Crippen molar-refractivity contribution in [3.05, 3.63) is 44.9 Å². The summed E-state index contributed by atoms with van der Waals surface area (Å²) in [5.74, 6) is 0. The van der Waals surface area contributed by atoms with Gasteiger partial charge in [0.05, 0.1) is 6.04 Å². The first-order valence-electron chi connectivity index (χ1n) is 5.18. The van der Waals surface area contributed by atoms with Crippen LogP contribution in [0.25, 0.3) is 0 Å². The molecule has 1 atom stereocenters. The minimum Gasteiger partial charge on any atom is -0.355 e. The lowest BCUT2D eigenvalue weighted by molar-refractivity contribution is 0.882. The molecule has 1 N–H and O–H groups in total. The van der Waals surface area contributed by atoms with Crippen LogP contribution in [0.4, 0.5) is 5.13 Å². The molecule has 6 heteroatoms. The molecule has 0 spiro atoms. The summed E-state index contributed by atoms with van der Waals surface area (Å²) in [5, 5.41) is 13.6. The largest absolute Gasteiger partial charge is 0.355 e. The first-order chi connectivity index (χ1) is 8.60. The summed E-state index contributed by atoms with van der Waals surface area (Å²) in [6.45, 7) is 2.00. The number of halogens is 2. The van der Waals surface area contributed by atoms with Gasteiger partial charge in [0, 0.05) is 5.02 Å². The highest BCUT2D eigenvalue weighted by atomic mass is 35.5. The maximum atomic E-state index is 8.81. The molecule has 92 valence electrons. The van der Waals surface area contributed by atoms with Crippen LogP contribution in [0.15, 0.2) is 24.3 Å². The highest BCUT2D eigenvalue weighted by Crippen LogP contribution is 2.29. The molecule has 1 aromatic heterocycles. The molecule has 2 aromatic rings. The van der Waals surface area contributed by atoms with E-state index in [0.717, 1.165) is 5.56 Å². The maximum Gasteiger partial charge on any atom is 0.185 e. The Kier molecular flexibility index (Phi) is 4.07. The van der Waals surface area contributed by atoms with Crippen molar-refractivity contribution < 1.29 is 0 Å². The van der Waals surface area contributed by atoms with Crippen LogP contribution >= 0.6 is 34.5 Å². The van der Waals surface area contributed by atoms with E-state index < -0.39 is 0 Å². The summed E-state index contributed by atoms with van der Waals surface area (Å²) in [6.07, 6.45) is 0. The van der Waals surface area contributed by atoms with Crippen LogP contribution in [-0.2, 0) is 0 Å². The van der Waals surface area contributed by atoms with Crippen molar-refractivity contribution in [1.82, 2.24) is 4.98 Å². The smallest absolute Gasteiger partial charge is 0.185 e. The lowest BCUT2D eigenvalue weighted by atomic mass is 10.1. The second kappa shape index (κ2) is 5.57. The Balaban J connectivity index is 2.13. The lowest BCUT2D eigenvalue weighted by Gasteiger charge is -2.12. The molecule has 1 unspecified atom stereocenters. The molecule has 0 saturated heterocycles. The monoisotopic (exact) mass is 297 g/mol. The number of aromatic nitrogens is 1. The molecule has 0 radical (unpaired) electrons. The summed E-state index contributed by atoms with van der Waals surface area (Å²) in [5.41, 5.74) is 1.09. The zero-order chi connectivity index (χ0) is 13.1. The van der Waals surface area contributed by atoms with Gasteiger partial charge < -0.3 is 5.32 Å². The minimum atomic E-state index is 0.0658. The van der Waals surface area contributed by atoms with Gasteiger partial charge in [-0.25, -0.2) is 4.98 Å². The average Bonchev–Trinajstić information content (AvgIpc) is 2.70. The van der Waals surface area contributed by atoms with Crippen LogP contribution in [0.3, 0.4) is 0 Å². The normalized spacial score (nSPS) is 11.9. The minimum absolute atomic E-state index is 0.0658. The highest BCUT2D eigenvalue weighted by molar-refractivity contribution is 7.16. The third-order valence-electron chi connectivity index (χ3n) is 2.40. The standard InChI is InChI=1S/C12H9Cl2N3S/c1-7(8-2-4-9(13)5-3-8)16-12-17-11(14)10(6-15)18-12/h2-5,7H,1H3,(H,16,17). The van der Waals surface area contributed by atoms with Gasteiger partial charge in [0.25, 0.3) is 0 Å². The maximum absolute atomic E-state index is 8.81. The van der Waals surface area contributed by atoms with Crippen LogP contribution in [0, 0.1) is 11.3 Å². The zero-order valence-corrected chi connectivity index (χ0v) is 11.8. The van der Waals surface area contributed by atoms with Gasteiger partial charge in [-0.3, -0.25) is 0 Å². The van der Waals surface area contributed by atoms with Gasteiger partial charge in [-0.05, 0) is 24.6 Å². The molecule has 0 saturated carbocycles. The predicted octanol–water partition coefficient (Wildman–Crippen LogP) is 4.49. The van der Waals surface area contributed by atoms with Crippen molar-refractivity contribution >= 4 is 39.7 Å². The van der Waals surface area contributed by atoms with Crippen molar-refractivity contribution in [2.75, 3.05) is 5.32 Å². The third-order valence-corrected chi connectivity index (χ3v) is 3.93. The van der Waals surface area contributed by atoms with E-state index in [1.165, 1.54) is 11.3 Å². The SMILES string of the molecule is CC(Nc1nc(Cl)c(C#N)s1)c1ccc(Cl)cc1. The quantitative estimate of drug-likeness (QED) is 0.908. The molecule has 0 amide bonds. The second-order valence-electron chi connectivity index (χ2n) is 3.67. The number of thiazole rings is 1. The Morgan fingerprint density at radius 3 is 2.56 bits per heavy atom. The summed E-state index contributed by atoms with van der Waals surface area (Å²) in [4.78, 5) is 4.51. The lowest BCUT2D eigenvalue weighted by Crippen LogP contribution is -2.05. The van der Waals surface area contributed by atoms with Crippen molar-refractivity contribution in [3.8, 4) is 6.07 Å². The van der Waals surface area contributed by atoms with Crippen LogP contribution in [0.5, 0.6) is 0 Å². The van der Waals surface area contributed by atoms with E-state index in [-0.39, 0.29) is 11.2 Å². The number of nitrogens with zero attached hydrogens (tertiary/aromatic N) is 2. The number of hydrogen-bond donors (Lipinski definition) is 1. The Bertz CT molecular complexity index is 586. The van der Waals surface area contributed by atoms with Crippen LogP contribution in [-0.4, -0.2) is 4.98 Å². The zero-order valence-electron chi connectivity index (χ0n) is 9.45. The Morgan fingerprint density at radius 1 is 1.33 bits per heavy atom. The Labute approximate surface area is 119 Å². The molecule has 1 aromatic carbocycles. The molecule has 0 aliphatic carbocycles. The predicted molar refractivity (Wildman–Crippen MR) is 75.3 cm³/mol. The fraction of sp³-hybridized carbons (Fsp3) is 0.167. The van der Waals surface area contributed by atoms with Crippen LogP contribution in [0.2, 0.25) is 10.2 Å². The number of rotatable bonds is 3. The Hall–Kier alpha value is -1.28. The van der Waals surface area contributed by atoms with Gasteiger partial charge in [-0.15, -0.1) is 0 Å². The molecule has 3 nitrogen and oxygen atoms in total.